The molecule has 0 unspecified atom stereocenters. The number of aliphatic hydroxyl groups excluding tert-OH is 1. The lowest BCUT2D eigenvalue weighted by Gasteiger charge is -2.07. The SMILES string of the molecule is O=C(O)c1ccc(OCCCCCCO)cc1F. The molecule has 0 atom stereocenters. The zero-order valence-corrected chi connectivity index (χ0v) is 10.1. The maximum atomic E-state index is 13.3. The molecule has 0 aliphatic heterocycles. The van der Waals surface area contributed by atoms with Crippen LogP contribution in [0.2, 0.25) is 0 Å². The number of rotatable bonds is 8. The van der Waals surface area contributed by atoms with Crippen molar-refractivity contribution in [2.24, 2.45) is 0 Å². The second-order valence-electron chi connectivity index (χ2n) is 3.93. The minimum absolute atomic E-state index is 0.197. The van der Waals surface area contributed by atoms with Crippen LogP contribution in [-0.2, 0) is 0 Å². The van der Waals surface area contributed by atoms with Gasteiger partial charge in [0.25, 0.3) is 0 Å². The molecular weight excluding hydrogens is 239 g/mol. The van der Waals surface area contributed by atoms with Crippen LogP contribution in [0.25, 0.3) is 0 Å². The van der Waals surface area contributed by atoms with Crippen molar-refractivity contribution in [3.05, 3.63) is 29.6 Å². The third-order valence-electron chi connectivity index (χ3n) is 2.49. The summed E-state index contributed by atoms with van der Waals surface area (Å²) in [6, 6.07) is 3.72. The second kappa shape index (κ2) is 7.66. The number of carboxylic acid groups (broad SMARTS) is 1. The van der Waals surface area contributed by atoms with Crippen molar-refractivity contribution < 1.29 is 24.1 Å². The molecule has 0 spiro atoms. The van der Waals surface area contributed by atoms with E-state index < -0.39 is 11.8 Å². The van der Waals surface area contributed by atoms with Gasteiger partial charge in [-0.25, -0.2) is 9.18 Å². The number of ether oxygens (including phenoxy) is 1. The first-order valence-electron chi connectivity index (χ1n) is 5.91. The van der Waals surface area contributed by atoms with Crippen molar-refractivity contribution in [2.75, 3.05) is 13.2 Å². The zero-order chi connectivity index (χ0) is 13.4. The summed E-state index contributed by atoms with van der Waals surface area (Å²) in [7, 11) is 0. The van der Waals surface area contributed by atoms with Gasteiger partial charge in [-0.15, -0.1) is 0 Å². The van der Waals surface area contributed by atoms with E-state index in [-0.39, 0.29) is 12.2 Å². The highest BCUT2D eigenvalue weighted by atomic mass is 19.1. The van der Waals surface area contributed by atoms with E-state index in [9.17, 15) is 9.18 Å². The summed E-state index contributed by atoms with van der Waals surface area (Å²) >= 11 is 0. The van der Waals surface area contributed by atoms with Crippen molar-refractivity contribution in [3.8, 4) is 5.75 Å². The van der Waals surface area contributed by atoms with Crippen LogP contribution in [0.15, 0.2) is 18.2 Å². The minimum atomic E-state index is -1.29. The molecule has 0 heterocycles. The third kappa shape index (κ3) is 4.71. The monoisotopic (exact) mass is 256 g/mol. The fourth-order valence-corrected chi connectivity index (χ4v) is 1.52. The van der Waals surface area contributed by atoms with Crippen LogP contribution in [0.5, 0.6) is 5.75 Å². The minimum Gasteiger partial charge on any atom is -0.493 e. The molecular formula is C13H17FO4. The molecule has 100 valence electrons. The Morgan fingerprint density at radius 1 is 1.22 bits per heavy atom. The van der Waals surface area contributed by atoms with Gasteiger partial charge in [-0.3, -0.25) is 0 Å². The molecule has 1 rings (SSSR count). The average molecular weight is 256 g/mol. The summed E-state index contributed by atoms with van der Waals surface area (Å²) in [4.78, 5) is 10.6. The Kier molecular flexibility index (Phi) is 6.14. The van der Waals surface area contributed by atoms with Crippen molar-refractivity contribution >= 4 is 5.97 Å². The fourth-order valence-electron chi connectivity index (χ4n) is 1.52. The summed E-state index contributed by atoms with van der Waals surface area (Å²) in [5, 5.41) is 17.2. The number of carboxylic acids is 1. The first-order valence-corrected chi connectivity index (χ1v) is 5.91. The molecule has 0 aliphatic rings. The first kappa shape index (κ1) is 14.4. The fraction of sp³-hybridized carbons (Fsp3) is 0.462. The van der Waals surface area contributed by atoms with Gasteiger partial charge >= 0.3 is 5.97 Å². The van der Waals surface area contributed by atoms with Gasteiger partial charge in [0.15, 0.2) is 0 Å². The number of halogens is 1. The molecule has 18 heavy (non-hydrogen) atoms. The zero-order valence-electron chi connectivity index (χ0n) is 10.1. The van der Waals surface area contributed by atoms with E-state index in [0.29, 0.717) is 12.4 Å². The molecule has 1 aromatic rings. The summed E-state index contributed by atoms with van der Waals surface area (Å²) in [5.74, 6) is -1.75. The van der Waals surface area contributed by atoms with Crippen LogP contribution in [0.4, 0.5) is 4.39 Å². The molecule has 0 radical (unpaired) electrons. The van der Waals surface area contributed by atoms with E-state index >= 15 is 0 Å². The van der Waals surface area contributed by atoms with E-state index in [1.807, 2.05) is 0 Å². The maximum Gasteiger partial charge on any atom is 0.338 e. The maximum absolute atomic E-state index is 13.3. The Morgan fingerprint density at radius 2 is 1.94 bits per heavy atom. The Hall–Kier alpha value is -1.62. The lowest BCUT2D eigenvalue weighted by atomic mass is 10.2. The molecule has 4 nitrogen and oxygen atoms in total. The van der Waals surface area contributed by atoms with Crippen LogP contribution in [0.1, 0.15) is 36.0 Å². The highest BCUT2D eigenvalue weighted by Crippen LogP contribution is 2.17. The molecule has 5 heteroatoms. The molecule has 0 amide bonds. The quantitative estimate of drug-likeness (QED) is 0.701. The number of aromatic carboxylic acids is 1. The van der Waals surface area contributed by atoms with Crippen molar-refractivity contribution in [1.82, 2.24) is 0 Å². The molecule has 0 aromatic heterocycles. The predicted octanol–water partition coefficient (Wildman–Crippen LogP) is 2.46. The smallest absolute Gasteiger partial charge is 0.338 e. The van der Waals surface area contributed by atoms with Gasteiger partial charge in [0, 0.05) is 12.7 Å². The largest absolute Gasteiger partial charge is 0.493 e. The molecule has 0 saturated heterocycles. The first-order chi connectivity index (χ1) is 8.65. The van der Waals surface area contributed by atoms with Gasteiger partial charge in [-0.05, 0) is 31.4 Å². The van der Waals surface area contributed by atoms with Crippen molar-refractivity contribution in [2.45, 2.75) is 25.7 Å². The van der Waals surface area contributed by atoms with Gasteiger partial charge in [0.1, 0.15) is 11.6 Å². The van der Waals surface area contributed by atoms with Crippen LogP contribution in [0.3, 0.4) is 0 Å². The Bertz CT molecular complexity index is 393. The van der Waals surface area contributed by atoms with Crippen LogP contribution in [0, 0.1) is 5.82 Å². The van der Waals surface area contributed by atoms with Gasteiger partial charge in [0.2, 0.25) is 0 Å². The highest BCUT2D eigenvalue weighted by Gasteiger charge is 2.10. The van der Waals surface area contributed by atoms with Gasteiger partial charge in [-0.2, -0.15) is 0 Å². The number of carbonyl (C=O) groups is 1. The predicted molar refractivity (Wildman–Crippen MR) is 64.4 cm³/mol. The van der Waals surface area contributed by atoms with E-state index in [1.54, 1.807) is 0 Å². The average Bonchev–Trinajstić information content (AvgIpc) is 2.33. The van der Waals surface area contributed by atoms with E-state index in [4.69, 9.17) is 14.9 Å². The number of hydrogen-bond donors (Lipinski definition) is 2. The molecule has 0 saturated carbocycles. The lowest BCUT2D eigenvalue weighted by Crippen LogP contribution is -2.02. The van der Waals surface area contributed by atoms with E-state index in [2.05, 4.69) is 0 Å². The van der Waals surface area contributed by atoms with Gasteiger partial charge < -0.3 is 14.9 Å². The van der Waals surface area contributed by atoms with Crippen LogP contribution in [-0.4, -0.2) is 29.4 Å². The highest BCUT2D eigenvalue weighted by molar-refractivity contribution is 5.88. The lowest BCUT2D eigenvalue weighted by molar-refractivity contribution is 0.0692. The third-order valence-corrected chi connectivity index (χ3v) is 2.49. The summed E-state index contributed by atoms with van der Waals surface area (Å²) in [5.41, 5.74) is -0.356. The number of unbranched alkanes of at least 4 members (excludes halogenated alkanes) is 3. The van der Waals surface area contributed by atoms with Crippen molar-refractivity contribution in [1.29, 1.82) is 0 Å². The Morgan fingerprint density at radius 3 is 2.56 bits per heavy atom. The molecule has 0 aliphatic carbocycles. The number of benzene rings is 1. The number of hydrogen-bond acceptors (Lipinski definition) is 3. The topological polar surface area (TPSA) is 66.8 Å². The van der Waals surface area contributed by atoms with E-state index in [1.165, 1.54) is 12.1 Å². The molecule has 0 bridgehead atoms. The molecule has 2 N–H and O–H groups in total. The Labute approximate surface area is 105 Å². The van der Waals surface area contributed by atoms with Crippen LogP contribution < -0.4 is 4.74 Å². The van der Waals surface area contributed by atoms with Crippen molar-refractivity contribution in [3.63, 3.8) is 0 Å². The normalized spacial score (nSPS) is 10.3. The van der Waals surface area contributed by atoms with Crippen LogP contribution >= 0.6 is 0 Å². The molecule has 0 fully saturated rings. The summed E-state index contributed by atoms with van der Waals surface area (Å²) < 4.78 is 18.6. The van der Waals surface area contributed by atoms with Gasteiger partial charge in [-0.1, -0.05) is 6.42 Å². The Balaban J connectivity index is 2.35. The molecule has 1 aromatic carbocycles. The summed E-state index contributed by atoms with van der Waals surface area (Å²) in [6.07, 6.45) is 3.48. The van der Waals surface area contributed by atoms with Gasteiger partial charge in [0.05, 0.1) is 12.2 Å². The summed E-state index contributed by atoms with van der Waals surface area (Å²) in [6.45, 7) is 0.653. The second-order valence-corrected chi connectivity index (χ2v) is 3.93. The standard InChI is InChI=1S/C13H17FO4/c14-12-9-10(5-6-11(12)13(16)17)18-8-4-2-1-3-7-15/h5-6,9,15H,1-4,7-8H2,(H,16,17). The number of aliphatic hydroxyl groups is 1. The van der Waals surface area contributed by atoms with E-state index in [0.717, 1.165) is 31.7 Å².